The number of ether oxygens (including phenoxy) is 1. The Morgan fingerprint density at radius 1 is 1.03 bits per heavy atom. The zero-order valence-electron chi connectivity index (χ0n) is 17.2. The molecule has 3 aromatic carbocycles. The number of aromatic carboxylic acids is 1. The van der Waals surface area contributed by atoms with E-state index in [1.807, 2.05) is 30.3 Å². The number of carboxylic acids is 1. The number of rotatable bonds is 7. The summed E-state index contributed by atoms with van der Waals surface area (Å²) in [5, 5.41) is 16.4. The number of fused-ring (bicyclic) bond motifs is 1. The molecule has 0 aliphatic rings. The average molecular weight is 428 g/mol. The predicted octanol–water partition coefficient (Wildman–Crippen LogP) is 4.15. The van der Waals surface area contributed by atoms with Gasteiger partial charge in [0.2, 0.25) is 17.7 Å². The summed E-state index contributed by atoms with van der Waals surface area (Å²) >= 11 is 0. The Labute approximate surface area is 183 Å². The normalized spacial score (nSPS) is 10.5. The Kier molecular flexibility index (Phi) is 5.94. The highest BCUT2D eigenvalue weighted by Gasteiger charge is 2.10. The first kappa shape index (κ1) is 20.8. The Balaban J connectivity index is 1.52. The Morgan fingerprint density at radius 3 is 2.69 bits per heavy atom. The molecule has 0 aliphatic carbocycles. The molecule has 160 valence electrons. The van der Waals surface area contributed by atoms with Gasteiger partial charge in [-0.3, -0.25) is 4.79 Å². The van der Waals surface area contributed by atoms with Gasteiger partial charge in [-0.15, -0.1) is 0 Å². The van der Waals surface area contributed by atoms with E-state index >= 15 is 0 Å². The third-order valence-electron chi connectivity index (χ3n) is 4.76. The molecule has 0 spiro atoms. The molecule has 0 atom stereocenters. The van der Waals surface area contributed by atoms with E-state index in [2.05, 4.69) is 20.6 Å². The fraction of sp³-hybridized carbons (Fsp3) is 0.0833. The molecule has 0 saturated carbocycles. The minimum absolute atomic E-state index is 0.0698. The van der Waals surface area contributed by atoms with Gasteiger partial charge in [-0.25, -0.2) is 9.78 Å². The van der Waals surface area contributed by atoms with Crippen molar-refractivity contribution in [3.63, 3.8) is 0 Å². The first-order valence-corrected chi connectivity index (χ1v) is 9.85. The standard InChI is InChI=1S/C24H20N4O4/c1-25-21(29)13-15-4-2-6-17(12-15)27-24-26-11-10-22(28-24)32-18-8-9-19-16(14-18)5-3-7-20(19)23(30)31/h2-12,14H,13H2,1H3,(H,25,29)(H,30,31)(H,26,27,28). The van der Waals surface area contributed by atoms with Gasteiger partial charge in [0.15, 0.2) is 0 Å². The first-order valence-electron chi connectivity index (χ1n) is 9.85. The highest BCUT2D eigenvalue weighted by molar-refractivity contribution is 6.03. The molecule has 0 unspecified atom stereocenters. The molecular formula is C24H20N4O4. The Hall–Kier alpha value is -4.46. The van der Waals surface area contributed by atoms with Gasteiger partial charge in [-0.1, -0.05) is 24.3 Å². The highest BCUT2D eigenvalue weighted by Crippen LogP contribution is 2.27. The Bertz CT molecular complexity index is 1310. The lowest BCUT2D eigenvalue weighted by Gasteiger charge is -2.10. The van der Waals surface area contributed by atoms with E-state index in [1.54, 1.807) is 49.6 Å². The van der Waals surface area contributed by atoms with Crippen molar-refractivity contribution in [2.24, 2.45) is 0 Å². The Morgan fingerprint density at radius 2 is 1.88 bits per heavy atom. The number of likely N-dealkylation sites (N-methyl/N-ethyl adjacent to an activating group) is 1. The molecule has 0 saturated heterocycles. The van der Waals surface area contributed by atoms with Crippen LogP contribution < -0.4 is 15.4 Å². The van der Waals surface area contributed by atoms with Crippen LogP contribution in [0.1, 0.15) is 15.9 Å². The van der Waals surface area contributed by atoms with Crippen LogP contribution in [0.3, 0.4) is 0 Å². The second-order valence-corrected chi connectivity index (χ2v) is 6.99. The third-order valence-corrected chi connectivity index (χ3v) is 4.76. The van der Waals surface area contributed by atoms with Gasteiger partial charge in [-0.05, 0) is 52.7 Å². The maximum absolute atomic E-state index is 11.6. The van der Waals surface area contributed by atoms with Crippen molar-refractivity contribution < 1.29 is 19.4 Å². The molecule has 1 heterocycles. The first-order chi connectivity index (χ1) is 15.5. The summed E-state index contributed by atoms with van der Waals surface area (Å²) in [6.45, 7) is 0. The van der Waals surface area contributed by atoms with Crippen molar-refractivity contribution in [1.82, 2.24) is 15.3 Å². The summed E-state index contributed by atoms with van der Waals surface area (Å²) < 4.78 is 5.86. The number of anilines is 2. The van der Waals surface area contributed by atoms with E-state index in [1.165, 1.54) is 0 Å². The van der Waals surface area contributed by atoms with Crippen molar-refractivity contribution >= 4 is 34.3 Å². The predicted molar refractivity (Wildman–Crippen MR) is 121 cm³/mol. The van der Waals surface area contributed by atoms with Gasteiger partial charge >= 0.3 is 5.97 Å². The molecule has 4 aromatic rings. The quantitative estimate of drug-likeness (QED) is 0.405. The molecule has 0 radical (unpaired) electrons. The molecular weight excluding hydrogens is 408 g/mol. The third kappa shape index (κ3) is 4.81. The second-order valence-electron chi connectivity index (χ2n) is 6.99. The van der Waals surface area contributed by atoms with Crippen LogP contribution in [0.15, 0.2) is 72.9 Å². The number of nitrogens with zero attached hydrogens (tertiary/aromatic N) is 2. The van der Waals surface area contributed by atoms with Crippen molar-refractivity contribution in [3.05, 3.63) is 84.1 Å². The SMILES string of the molecule is CNC(=O)Cc1cccc(Nc2nccc(Oc3ccc4c(C(=O)O)cccc4c3)n2)c1. The number of carbonyl (C=O) groups excluding carboxylic acids is 1. The molecule has 4 rings (SSSR count). The molecule has 1 amide bonds. The van der Waals surface area contributed by atoms with Crippen molar-refractivity contribution in [1.29, 1.82) is 0 Å². The van der Waals surface area contributed by atoms with Gasteiger partial charge < -0.3 is 20.5 Å². The monoisotopic (exact) mass is 428 g/mol. The lowest BCUT2D eigenvalue weighted by Crippen LogP contribution is -2.19. The number of nitrogens with one attached hydrogen (secondary N) is 2. The molecule has 8 heteroatoms. The van der Waals surface area contributed by atoms with Crippen LogP contribution in [0, 0.1) is 0 Å². The van der Waals surface area contributed by atoms with Crippen LogP contribution in [0.25, 0.3) is 10.8 Å². The van der Waals surface area contributed by atoms with Crippen molar-refractivity contribution in [3.8, 4) is 11.6 Å². The summed E-state index contributed by atoms with van der Waals surface area (Å²) in [7, 11) is 1.60. The number of carbonyl (C=O) groups is 2. The van der Waals surface area contributed by atoms with Crippen LogP contribution in [0.5, 0.6) is 11.6 Å². The van der Waals surface area contributed by atoms with Gasteiger partial charge in [0, 0.05) is 25.0 Å². The van der Waals surface area contributed by atoms with E-state index in [-0.39, 0.29) is 17.9 Å². The molecule has 0 fully saturated rings. The van der Waals surface area contributed by atoms with Crippen LogP contribution >= 0.6 is 0 Å². The van der Waals surface area contributed by atoms with Gasteiger partial charge in [0.1, 0.15) is 5.75 Å². The van der Waals surface area contributed by atoms with E-state index in [9.17, 15) is 14.7 Å². The lowest BCUT2D eigenvalue weighted by atomic mass is 10.0. The van der Waals surface area contributed by atoms with Crippen LogP contribution in [0.4, 0.5) is 11.6 Å². The number of hydrogen-bond donors (Lipinski definition) is 3. The molecule has 0 bridgehead atoms. The zero-order chi connectivity index (χ0) is 22.5. The summed E-state index contributed by atoms with van der Waals surface area (Å²) in [5.41, 5.74) is 1.84. The minimum Gasteiger partial charge on any atom is -0.478 e. The zero-order valence-corrected chi connectivity index (χ0v) is 17.2. The molecule has 8 nitrogen and oxygen atoms in total. The van der Waals surface area contributed by atoms with Crippen LogP contribution in [0.2, 0.25) is 0 Å². The minimum atomic E-state index is -0.977. The average Bonchev–Trinajstić information content (AvgIpc) is 2.79. The smallest absolute Gasteiger partial charge is 0.336 e. The summed E-state index contributed by atoms with van der Waals surface area (Å²) in [5.74, 6) is 0.151. The lowest BCUT2D eigenvalue weighted by molar-refractivity contribution is -0.119. The highest BCUT2D eigenvalue weighted by atomic mass is 16.5. The fourth-order valence-corrected chi connectivity index (χ4v) is 3.25. The fourth-order valence-electron chi connectivity index (χ4n) is 3.25. The topological polar surface area (TPSA) is 113 Å². The van der Waals surface area contributed by atoms with E-state index in [0.29, 0.717) is 23.0 Å². The number of amides is 1. The summed E-state index contributed by atoms with van der Waals surface area (Å²) in [6.07, 6.45) is 1.85. The summed E-state index contributed by atoms with van der Waals surface area (Å²) in [4.78, 5) is 31.6. The van der Waals surface area contributed by atoms with Crippen molar-refractivity contribution in [2.45, 2.75) is 6.42 Å². The number of hydrogen-bond acceptors (Lipinski definition) is 6. The number of carboxylic acid groups (broad SMARTS) is 1. The van der Waals surface area contributed by atoms with Gasteiger partial charge in [0.05, 0.1) is 12.0 Å². The summed E-state index contributed by atoms with van der Waals surface area (Å²) in [6, 6.07) is 19.3. The van der Waals surface area contributed by atoms with Gasteiger partial charge in [-0.2, -0.15) is 4.98 Å². The van der Waals surface area contributed by atoms with Crippen LogP contribution in [-0.2, 0) is 11.2 Å². The van der Waals surface area contributed by atoms with E-state index in [0.717, 1.165) is 16.6 Å². The van der Waals surface area contributed by atoms with Gasteiger partial charge in [0.25, 0.3) is 0 Å². The molecule has 3 N–H and O–H groups in total. The van der Waals surface area contributed by atoms with E-state index < -0.39 is 5.97 Å². The molecule has 0 aliphatic heterocycles. The maximum Gasteiger partial charge on any atom is 0.336 e. The van der Waals surface area contributed by atoms with Crippen LogP contribution in [-0.4, -0.2) is 34.0 Å². The van der Waals surface area contributed by atoms with E-state index in [4.69, 9.17) is 4.74 Å². The molecule has 32 heavy (non-hydrogen) atoms. The largest absolute Gasteiger partial charge is 0.478 e. The van der Waals surface area contributed by atoms with Crippen molar-refractivity contribution in [2.75, 3.05) is 12.4 Å². The maximum atomic E-state index is 11.6. The number of benzene rings is 3. The second kappa shape index (κ2) is 9.13. The number of aromatic nitrogens is 2. The molecule has 1 aromatic heterocycles.